The van der Waals surface area contributed by atoms with Crippen LogP contribution in [0.5, 0.6) is 0 Å². The summed E-state index contributed by atoms with van der Waals surface area (Å²) in [4.78, 5) is 23.4. The van der Waals surface area contributed by atoms with Gasteiger partial charge in [0.05, 0.1) is 0 Å². The summed E-state index contributed by atoms with van der Waals surface area (Å²) in [6.45, 7) is 0.557. The number of hydrogen-bond acceptors (Lipinski definition) is 5. The number of nitrogens with two attached hydrogens (primary N) is 1. The maximum atomic E-state index is 12.7. The van der Waals surface area contributed by atoms with Crippen LogP contribution in [-0.2, 0) is 24.1 Å². The van der Waals surface area contributed by atoms with Gasteiger partial charge in [0.15, 0.2) is 4.90 Å². The van der Waals surface area contributed by atoms with Gasteiger partial charge in [-0.15, -0.1) is 0 Å². The van der Waals surface area contributed by atoms with Crippen LogP contribution in [-0.4, -0.2) is 41.0 Å². The van der Waals surface area contributed by atoms with Gasteiger partial charge in [0.1, 0.15) is 0 Å². The zero-order valence-electron chi connectivity index (χ0n) is 12.2. The SMILES string of the molecule is Cn1cc(S(=O)(=O)N2CCCCC2CN)c(=O)n(C)c1=O. The molecule has 1 aromatic rings. The first-order valence-electron chi connectivity index (χ1n) is 6.79. The third-order valence-electron chi connectivity index (χ3n) is 3.85. The molecule has 1 aliphatic heterocycles. The monoisotopic (exact) mass is 316 g/mol. The lowest BCUT2D eigenvalue weighted by Crippen LogP contribution is -2.50. The first-order chi connectivity index (χ1) is 9.80. The molecule has 1 aromatic heterocycles. The summed E-state index contributed by atoms with van der Waals surface area (Å²) in [5.41, 5.74) is 4.28. The van der Waals surface area contributed by atoms with Crippen molar-refractivity contribution in [1.82, 2.24) is 13.4 Å². The van der Waals surface area contributed by atoms with E-state index >= 15 is 0 Å². The van der Waals surface area contributed by atoms with Crippen LogP contribution >= 0.6 is 0 Å². The van der Waals surface area contributed by atoms with Crippen LogP contribution < -0.4 is 17.0 Å². The molecule has 2 rings (SSSR count). The normalized spacial score (nSPS) is 20.6. The van der Waals surface area contributed by atoms with Crippen LogP contribution in [0.2, 0.25) is 0 Å². The first kappa shape index (κ1) is 15.9. The Labute approximate surface area is 122 Å². The zero-order chi connectivity index (χ0) is 15.8. The molecule has 0 aliphatic carbocycles. The number of nitrogens with zero attached hydrogens (tertiary/aromatic N) is 3. The van der Waals surface area contributed by atoms with Crippen molar-refractivity contribution < 1.29 is 8.42 Å². The van der Waals surface area contributed by atoms with E-state index in [1.54, 1.807) is 0 Å². The lowest BCUT2D eigenvalue weighted by Gasteiger charge is -2.33. The molecule has 118 valence electrons. The molecule has 21 heavy (non-hydrogen) atoms. The standard InChI is InChI=1S/C12H20N4O4S/c1-14-8-10(11(17)15(2)12(14)18)21(19,20)16-6-4-3-5-9(16)7-13/h8-9H,3-7,13H2,1-2H3. The summed E-state index contributed by atoms with van der Waals surface area (Å²) in [7, 11) is -1.28. The summed E-state index contributed by atoms with van der Waals surface area (Å²) < 4.78 is 28.7. The van der Waals surface area contributed by atoms with Crippen LogP contribution in [0.15, 0.2) is 20.7 Å². The van der Waals surface area contributed by atoms with Crippen molar-refractivity contribution in [3.05, 3.63) is 27.0 Å². The second-order valence-electron chi connectivity index (χ2n) is 5.25. The van der Waals surface area contributed by atoms with Gasteiger partial charge in [-0.1, -0.05) is 6.42 Å². The number of aromatic nitrogens is 2. The highest BCUT2D eigenvalue weighted by Crippen LogP contribution is 2.22. The van der Waals surface area contributed by atoms with Crippen LogP contribution in [0.3, 0.4) is 0 Å². The Balaban J connectivity index is 2.59. The van der Waals surface area contributed by atoms with Gasteiger partial charge in [-0.25, -0.2) is 13.2 Å². The minimum Gasteiger partial charge on any atom is -0.329 e. The molecule has 0 amide bonds. The van der Waals surface area contributed by atoms with Crippen LogP contribution in [0.25, 0.3) is 0 Å². The first-order valence-corrected chi connectivity index (χ1v) is 8.23. The van der Waals surface area contributed by atoms with Gasteiger partial charge in [-0.3, -0.25) is 9.36 Å². The molecule has 0 aromatic carbocycles. The largest absolute Gasteiger partial charge is 0.330 e. The van der Waals surface area contributed by atoms with E-state index in [9.17, 15) is 18.0 Å². The minimum atomic E-state index is -3.96. The Hall–Kier alpha value is -1.45. The Morgan fingerprint density at radius 2 is 1.95 bits per heavy atom. The molecule has 1 saturated heterocycles. The van der Waals surface area contributed by atoms with Crippen molar-refractivity contribution in [1.29, 1.82) is 0 Å². The van der Waals surface area contributed by atoms with Crippen molar-refractivity contribution in [2.24, 2.45) is 19.8 Å². The van der Waals surface area contributed by atoms with E-state index in [1.165, 1.54) is 18.4 Å². The Kier molecular flexibility index (Phi) is 4.35. The van der Waals surface area contributed by atoms with Crippen LogP contribution in [0.1, 0.15) is 19.3 Å². The lowest BCUT2D eigenvalue weighted by atomic mass is 10.1. The summed E-state index contributed by atoms with van der Waals surface area (Å²) in [6, 6.07) is -0.300. The van der Waals surface area contributed by atoms with E-state index in [0.29, 0.717) is 13.0 Å². The fourth-order valence-corrected chi connectivity index (χ4v) is 4.46. The van der Waals surface area contributed by atoms with Gasteiger partial charge >= 0.3 is 5.69 Å². The van der Waals surface area contributed by atoms with Crippen molar-refractivity contribution in [2.75, 3.05) is 13.1 Å². The van der Waals surface area contributed by atoms with E-state index in [-0.39, 0.29) is 17.5 Å². The van der Waals surface area contributed by atoms with Crippen molar-refractivity contribution in [2.45, 2.75) is 30.2 Å². The molecule has 9 heteroatoms. The zero-order valence-corrected chi connectivity index (χ0v) is 13.0. The molecule has 0 bridgehead atoms. The highest BCUT2D eigenvalue weighted by Gasteiger charge is 2.35. The van der Waals surface area contributed by atoms with E-state index in [1.807, 2.05) is 0 Å². The molecule has 1 unspecified atom stereocenters. The smallest absolute Gasteiger partial charge is 0.329 e. The molecule has 0 spiro atoms. The van der Waals surface area contributed by atoms with Crippen molar-refractivity contribution in [3.8, 4) is 0 Å². The van der Waals surface area contributed by atoms with E-state index < -0.39 is 21.3 Å². The number of aryl methyl sites for hydroxylation is 1. The molecule has 2 heterocycles. The fourth-order valence-electron chi connectivity index (χ4n) is 2.60. The second-order valence-corrected chi connectivity index (χ2v) is 7.11. The minimum absolute atomic E-state index is 0.214. The fraction of sp³-hybridized carbons (Fsp3) is 0.667. The molecule has 0 saturated carbocycles. The van der Waals surface area contributed by atoms with Crippen molar-refractivity contribution in [3.63, 3.8) is 0 Å². The Bertz CT molecular complexity index is 750. The number of rotatable bonds is 3. The van der Waals surface area contributed by atoms with E-state index in [0.717, 1.165) is 28.2 Å². The average molecular weight is 316 g/mol. The molecule has 1 atom stereocenters. The van der Waals surface area contributed by atoms with E-state index in [2.05, 4.69) is 0 Å². The van der Waals surface area contributed by atoms with Gasteiger partial charge in [-0.05, 0) is 12.8 Å². The van der Waals surface area contributed by atoms with Gasteiger partial charge in [0.2, 0.25) is 10.0 Å². The predicted octanol–water partition coefficient (Wildman–Crippen LogP) is -1.41. The maximum absolute atomic E-state index is 12.7. The molecular formula is C12H20N4O4S. The highest BCUT2D eigenvalue weighted by atomic mass is 32.2. The maximum Gasteiger partial charge on any atom is 0.330 e. The molecule has 1 fully saturated rings. The van der Waals surface area contributed by atoms with Gasteiger partial charge in [0.25, 0.3) is 5.56 Å². The lowest BCUT2D eigenvalue weighted by molar-refractivity contribution is 0.257. The number of hydrogen-bond donors (Lipinski definition) is 1. The summed E-state index contributed by atoms with van der Waals surface area (Å²) in [5.74, 6) is 0. The third kappa shape index (κ3) is 2.68. The topological polar surface area (TPSA) is 107 Å². The molecule has 0 radical (unpaired) electrons. The van der Waals surface area contributed by atoms with Gasteiger partial charge in [-0.2, -0.15) is 4.31 Å². The van der Waals surface area contributed by atoms with Crippen LogP contribution in [0.4, 0.5) is 0 Å². The second kappa shape index (κ2) is 5.74. The van der Waals surface area contributed by atoms with Crippen LogP contribution in [0, 0.1) is 0 Å². The number of piperidine rings is 1. The molecule has 8 nitrogen and oxygen atoms in total. The molecule has 2 N–H and O–H groups in total. The van der Waals surface area contributed by atoms with Gasteiger partial charge < -0.3 is 10.3 Å². The van der Waals surface area contributed by atoms with E-state index in [4.69, 9.17) is 5.73 Å². The average Bonchev–Trinajstić information content (AvgIpc) is 2.48. The Morgan fingerprint density at radius 3 is 2.57 bits per heavy atom. The summed E-state index contributed by atoms with van der Waals surface area (Å²) >= 11 is 0. The van der Waals surface area contributed by atoms with Gasteiger partial charge in [0, 0.05) is 39.4 Å². The molecular weight excluding hydrogens is 296 g/mol. The number of sulfonamides is 1. The summed E-state index contributed by atoms with van der Waals surface area (Å²) in [6.07, 6.45) is 3.42. The quantitative estimate of drug-likeness (QED) is 0.737. The molecule has 1 aliphatic rings. The Morgan fingerprint density at radius 1 is 1.29 bits per heavy atom. The highest BCUT2D eigenvalue weighted by molar-refractivity contribution is 7.89. The summed E-state index contributed by atoms with van der Waals surface area (Å²) in [5, 5.41) is 0. The third-order valence-corrected chi connectivity index (χ3v) is 5.78. The predicted molar refractivity (Wildman–Crippen MR) is 77.5 cm³/mol. The van der Waals surface area contributed by atoms with Crippen molar-refractivity contribution >= 4 is 10.0 Å².